The predicted molar refractivity (Wildman–Crippen MR) is 51.7 cm³/mol. The zero-order chi connectivity index (χ0) is 9.71. The molecule has 0 aromatic carbocycles. The molecular formula is C12H16O2. The maximum Gasteiger partial charge on any atom is 0.133 e. The van der Waals surface area contributed by atoms with Gasteiger partial charge in [0.15, 0.2) is 0 Å². The van der Waals surface area contributed by atoms with Crippen LogP contribution in [0.15, 0.2) is 0 Å². The Morgan fingerprint density at radius 1 is 0.643 bits per heavy atom. The second-order valence-electron chi connectivity index (χ2n) is 5.41. The van der Waals surface area contributed by atoms with Crippen molar-refractivity contribution < 1.29 is 9.59 Å². The van der Waals surface area contributed by atoms with E-state index in [0.29, 0.717) is 11.6 Å². The van der Waals surface area contributed by atoms with E-state index in [2.05, 4.69) is 0 Å². The van der Waals surface area contributed by atoms with Crippen molar-refractivity contribution in [2.75, 3.05) is 0 Å². The lowest BCUT2D eigenvalue weighted by Gasteiger charge is -1.82. The minimum Gasteiger partial charge on any atom is -0.300 e. The van der Waals surface area contributed by atoms with Crippen molar-refractivity contribution in [3.8, 4) is 0 Å². The smallest absolute Gasteiger partial charge is 0.133 e. The molecule has 0 aliphatic heterocycles. The molecule has 0 amide bonds. The lowest BCUT2D eigenvalue weighted by Crippen LogP contribution is -1.89. The van der Waals surface area contributed by atoms with Crippen molar-refractivity contribution >= 4 is 11.6 Å². The van der Waals surface area contributed by atoms with Crippen LogP contribution in [0.4, 0.5) is 0 Å². The number of rotatable bonds is 0. The molecule has 2 heteroatoms. The molecule has 0 radical (unpaired) electrons. The van der Waals surface area contributed by atoms with Crippen molar-refractivity contribution in [2.24, 2.45) is 23.7 Å². The molecule has 14 heavy (non-hydrogen) atoms. The van der Waals surface area contributed by atoms with Gasteiger partial charge in [-0.05, 0) is 36.5 Å². The zero-order valence-corrected chi connectivity index (χ0v) is 8.37. The molecule has 0 heterocycles. The normalized spacial score (nSPS) is 46.6. The van der Waals surface area contributed by atoms with Gasteiger partial charge in [-0.2, -0.15) is 0 Å². The molecule has 2 nitrogen and oxygen atoms in total. The minimum absolute atomic E-state index is 0.501. The lowest BCUT2D eigenvalue weighted by molar-refractivity contribution is -0.119. The summed E-state index contributed by atoms with van der Waals surface area (Å²) in [5, 5.41) is 0. The molecule has 4 aliphatic carbocycles. The third kappa shape index (κ3) is 1.62. The van der Waals surface area contributed by atoms with Crippen LogP contribution in [-0.2, 0) is 9.59 Å². The van der Waals surface area contributed by atoms with Crippen LogP contribution in [0.2, 0.25) is 0 Å². The number of Topliss-reactive ketones (excluding diaryl/α,β-unsaturated/α-hetero) is 2. The highest BCUT2D eigenvalue weighted by molar-refractivity contribution is 5.82. The van der Waals surface area contributed by atoms with Gasteiger partial charge < -0.3 is 0 Å². The van der Waals surface area contributed by atoms with Crippen molar-refractivity contribution in [3.63, 3.8) is 0 Å². The molecule has 4 rings (SSSR count). The van der Waals surface area contributed by atoms with Gasteiger partial charge in [0, 0.05) is 25.7 Å². The van der Waals surface area contributed by atoms with Gasteiger partial charge >= 0.3 is 0 Å². The molecule has 0 N–H and O–H groups in total. The Hall–Kier alpha value is -0.660. The maximum absolute atomic E-state index is 10.5. The molecule has 0 unspecified atom stereocenters. The summed E-state index contributed by atoms with van der Waals surface area (Å²) in [5.41, 5.74) is 0. The predicted octanol–water partition coefficient (Wildman–Crippen LogP) is 1.97. The third-order valence-corrected chi connectivity index (χ3v) is 4.10. The fourth-order valence-corrected chi connectivity index (χ4v) is 2.96. The summed E-state index contributed by atoms with van der Waals surface area (Å²) >= 11 is 0. The Balaban J connectivity index is 0.0000000914. The number of fused-ring (bicyclic) bond motifs is 2. The van der Waals surface area contributed by atoms with Gasteiger partial charge in [-0.15, -0.1) is 0 Å². The van der Waals surface area contributed by atoms with Gasteiger partial charge in [0.25, 0.3) is 0 Å². The van der Waals surface area contributed by atoms with Crippen LogP contribution in [0, 0.1) is 23.7 Å². The summed E-state index contributed by atoms with van der Waals surface area (Å²) in [4.78, 5) is 21.0. The van der Waals surface area contributed by atoms with Crippen molar-refractivity contribution in [2.45, 2.75) is 38.5 Å². The van der Waals surface area contributed by atoms with Crippen molar-refractivity contribution in [1.29, 1.82) is 0 Å². The van der Waals surface area contributed by atoms with Gasteiger partial charge in [0.05, 0.1) is 0 Å². The SMILES string of the molecule is O=C1C[C@@H]2C[C@@H]2C1.O=C1C[C@@H]2C[C@@H]2C1. The number of carbonyl (C=O) groups is 2. The average molecular weight is 192 g/mol. The van der Waals surface area contributed by atoms with E-state index in [9.17, 15) is 9.59 Å². The summed E-state index contributed by atoms with van der Waals surface area (Å²) in [6.07, 6.45) is 6.34. The van der Waals surface area contributed by atoms with Gasteiger partial charge in [-0.3, -0.25) is 9.59 Å². The Kier molecular flexibility index (Phi) is 1.80. The monoisotopic (exact) mass is 192 g/mol. The lowest BCUT2D eigenvalue weighted by atomic mass is 10.2. The Morgan fingerprint density at radius 3 is 1.07 bits per heavy atom. The summed E-state index contributed by atoms with van der Waals surface area (Å²) in [6.45, 7) is 0. The van der Waals surface area contributed by atoms with E-state index in [1.54, 1.807) is 0 Å². The standard InChI is InChI=1S/2C6H8O/c2*7-6-2-4-1-5(4)3-6/h2*4-5H,1-3H2/t2*4-,5+. The Labute approximate surface area is 84.1 Å². The average Bonchev–Trinajstić information content (AvgIpc) is 2.94. The fraction of sp³-hybridized carbons (Fsp3) is 0.833. The van der Waals surface area contributed by atoms with Gasteiger partial charge in [0.1, 0.15) is 11.6 Å². The van der Waals surface area contributed by atoms with Gasteiger partial charge in [-0.1, -0.05) is 0 Å². The summed E-state index contributed by atoms with van der Waals surface area (Å²) < 4.78 is 0. The Morgan fingerprint density at radius 2 is 0.929 bits per heavy atom. The highest BCUT2D eigenvalue weighted by Gasteiger charge is 2.45. The van der Waals surface area contributed by atoms with E-state index >= 15 is 0 Å². The summed E-state index contributed by atoms with van der Waals surface area (Å²) in [7, 11) is 0. The van der Waals surface area contributed by atoms with Crippen LogP contribution < -0.4 is 0 Å². The van der Waals surface area contributed by atoms with E-state index in [0.717, 1.165) is 49.4 Å². The number of hydrogen-bond acceptors (Lipinski definition) is 2. The number of carbonyl (C=O) groups excluding carboxylic acids is 2. The second-order valence-corrected chi connectivity index (χ2v) is 5.41. The van der Waals surface area contributed by atoms with E-state index in [1.807, 2.05) is 0 Å². The molecule has 0 saturated heterocycles. The second kappa shape index (κ2) is 2.91. The van der Waals surface area contributed by atoms with Crippen LogP contribution in [0.5, 0.6) is 0 Å². The van der Waals surface area contributed by atoms with Gasteiger partial charge in [0.2, 0.25) is 0 Å². The molecule has 4 fully saturated rings. The maximum atomic E-state index is 10.5. The van der Waals surface area contributed by atoms with Crippen LogP contribution >= 0.6 is 0 Å². The quantitative estimate of drug-likeness (QED) is 0.588. The molecule has 0 aromatic heterocycles. The molecule has 76 valence electrons. The largest absolute Gasteiger partial charge is 0.300 e. The van der Waals surface area contributed by atoms with E-state index in [4.69, 9.17) is 0 Å². The molecule has 4 atom stereocenters. The van der Waals surface area contributed by atoms with E-state index in [-0.39, 0.29) is 0 Å². The molecule has 0 bridgehead atoms. The first-order valence-corrected chi connectivity index (χ1v) is 5.76. The van der Waals surface area contributed by atoms with Crippen molar-refractivity contribution in [3.05, 3.63) is 0 Å². The van der Waals surface area contributed by atoms with Crippen LogP contribution in [0.3, 0.4) is 0 Å². The highest BCUT2D eigenvalue weighted by atomic mass is 16.1. The first kappa shape index (κ1) is 8.63. The zero-order valence-electron chi connectivity index (χ0n) is 8.37. The Bertz CT molecular complexity index is 241. The van der Waals surface area contributed by atoms with Gasteiger partial charge in [-0.25, -0.2) is 0 Å². The van der Waals surface area contributed by atoms with Crippen molar-refractivity contribution in [1.82, 2.24) is 0 Å². The molecule has 4 aliphatic rings. The third-order valence-electron chi connectivity index (χ3n) is 4.10. The first-order chi connectivity index (χ1) is 6.72. The van der Waals surface area contributed by atoms with Crippen LogP contribution in [0.25, 0.3) is 0 Å². The molecular weight excluding hydrogens is 176 g/mol. The van der Waals surface area contributed by atoms with E-state index < -0.39 is 0 Å². The van der Waals surface area contributed by atoms with Crippen LogP contribution in [0.1, 0.15) is 38.5 Å². The minimum atomic E-state index is 0.501. The first-order valence-electron chi connectivity index (χ1n) is 5.76. The summed E-state index contributed by atoms with van der Waals surface area (Å²) in [6, 6.07) is 0. The number of ketones is 2. The molecule has 0 aromatic rings. The number of hydrogen-bond donors (Lipinski definition) is 0. The fourth-order valence-electron chi connectivity index (χ4n) is 2.96. The molecule has 0 spiro atoms. The van der Waals surface area contributed by atoms with Crippen LogP contribution in [-0.4, -0.2) is 11.6 Å². The molecule has 4 saturated carbocycles. The van der Waals surface area contributed by atoms with E-state index in [1.165, 1.54) is 12.8 Å². The topological polar surface area (TPSA) is 34.1 Å². The summed E-state index contributed by atoms with van der Waals surface area (Å²) in [5.74, 6) is 4.36. The highest BCUT2D eigenvalue weighted by Crippen LogP contribution is 2.50.